The van der Waals surface area contributed by atoms with Crippen molar-refractivity contribution in [3.05, 3.63) is 33.3 Å². The lowest BCUT2D eigenvalue weighted by Gasteiger charge is -2.20. The van der Waals surface area contributed by atoms with Crippen LogP contribution in [0, 0.1) is 10.1 Å². The van der Waals surface area contributed by atoms with Gasteiger partial charge in [0.25, 0.3) is 0 Å². The molecule has 1 aromatic rings. The third-order valence-corrected chi connectivity index (χ3v) is 2.43. The summed E-state index contributed by atoms with van der Waals surface area (Å²) >= 11 is 5.76. The quantitative estimate of drug-likeness (QED) is 0.658. The summed E-state index contributed by atoms with van der Waals surface area (Å²) in [4.78, 5) is 21.9. The molecule has 0 saturated carbocycles. The molecule has 0 fully saturated rings. The van der Waals surface area contributed by atoms with Crippen molar-refractivity contribution in [1.82, 2.24) is 5.32 Å². The van der Waals surface area contributed by atoms with Gasteiger partial charge in [-0.25, -0.2) is 0 Å². The normalized spacial score (nSPS) is 10.9. The first kappa shape index (κ1) is 15.2. The zero-order chi connectivity index (χ0) is 14.6. The Hall–Kier alpha value is -1.82. The van der Waals surface area contributed by atoms with Gasteiger partial charge in [-0.15, -0.1) is 0 Å². The molecule has 0 aliphatic heterocycles. The van der Waals surface area contributed by atoms with Gasteiger partial charge in [0.05, 0.1) is 11.5 Å². The van der Waals surface area contributed by atoms with Crippen molar-refractivity contribution in [3.63, 3.8) is 0 Å². The van der Waals surface area contributed by atoms with E-state index in [4.69, 9.17) is 11.6 Å². The van der Waals surface area contributed by atoms with Gasteiger partial charge in [-0.2, -0.15) is 0 Å². The summed E-state index contributed by atoms with van der Waals surface area (Å²) in [5, 5.41) is 16.4. The van der Waals surface area contributed by atoms with Crippen molar-refractivity contribution in [2.75, 3.05) is 11.9 Å². The minimum absolute atomic E-state index is 0.0335. The highest BCUT2D eigenvalue weighted by Gasteiger charge is 2.19. The molecule has 0 aliphatic rings. The molecule has 0 saturated heterocycles. The molecule has 19 heavy (non-hydrogen) atoms. The molecular weight excluding hydrogens is 270 g/mol. The van der Waals surface area contributed by atoms with Gasteiger partial charge < -0.3 is 10.6 Å². The van der Waals surface area contributed by atoms with E-state index in [1.165, 1.54) is 12.1 Å². The van der Waals surface area contributed by atoms with Crippen LogP contribution in [0.3, 0.4) is 0 Å². The molecule has 0 radical (unpaired) electrons. The Balaban J connectivity index is 2.76. The van der Waals surface area contributed by atoms with Crippen molar-refractivity contribution < 1.29 is 9.72 Å². The monoisotopic (exact) mass is 285 g/mol. The first-order chi connectivity index (χ1) is 8.70. The van der Waals surface area contributed by atoms with E-state index < -0.39 is 4.92 Å². The molecule has 1 rings (SSSR count). The second kappa shape index (κ2) is 5.88. The Morgan fingerprint density at radius 3 is 2.58 bits per heavy atom. The van der Waals surface area contributed by atoms with E-state index in [-0.39, 0.29) is 34.4 Å². The van der Waals surface area contributed by atoms with Crippen molar-refractivity contribution in [1.29, 1.82) is 0 Å². The molecule has 2 N–H and O–H groups in total. The van der Waals surface area contributed by atoms with Crippen molar-refractivity contribution in [3.8, 4) is 0 Å². The van der Waals surface area contributed by atoms with Crippen LogP contribution in [-0.2, 0) is 4.79 Å². The number of amides is 1. The van der Waals surface area contributed by atoms with Crippen LogP contribution in [-0.4, -0.2) is 22.9 Å². The summed E-state index contributed by atoms with van der Waals surface area (Å²) in [5.41, 5.74) is -0.353. The minimum Gasteiger partial charge on any atom is -0.371 e. The summed E-state index contributed by atoms with van der Waals surface area (Å²) in [6, 6.07) is 4.52. The van der Waals surface area contributed by atoms with Gasteiger partial charge in [-0.3, -0.25) is 14.9 Å². The number of rotatable bonds is 4. The zero-order valence-corrected chi connectivity index (χ0v) is 11.7. The van der Waals surface area contributed by atoms with Gasteiger partial charge in [-0.1, -0.05) is 17.7 Å². The SMILES string of the molecule is CC(C)(C)NC(=O)CNc1cccc(Cl)c1[N+](=O)[O-]. The standard InChI is InChI=1S/C12H16ClN3O3/c1-12(2,3)15-10(17)7-14-9-6-4-5-8(13)11(9)16(18)19/h4-6,14H,7H2,1-3H3,(H,15,17). The molecule has 1 aromatic carbocycles. The van der Waals surface area contributed by atoms with Crippen LogP contribution in [0.2, 0.25) is 5.02 Å². The highest BCUT2D eigenvalue weighted by molar-refractivity contribution is 6.33. The number of benzene rings is 1. The molecule has 1 amide bonds. The number of nitro benzene ring substituents is 1. The number of halogens is 1. The minimum atomic E-state index is -0.577. The largest absolute Gasteiger partial charge is 0.371 e. The smallest absolute Gasteiger partial charge is 0.310 e. The molecular formula is C12H16ClN3O3. The van der Waals surface area contributed by atoms with Crippen LogP contribution in [0.25, 0.3) is 0 Å². The van der Waals surface area contributed by atoms with Gasteiger partial charge in [0.2, 0.25) is 5.91 Å². The van der Waals surface area contributed by atoms with Gasteiger partial charge >= 0.3 is 5.69 Å². The molecule has 0 bridgehead atoms. The number of nitro groups is 1. The fourth-order valence-corrected chi connectivity index (χ4v) is 1.73. The molecule has 0 atom stereocenters. The topological polar surface area (TPSA) is 84.3 Å². The van der Waals surface area contributed by atoms with E-state index in [9.17, 15) is 14.9 Å². The summed E-state index contributed by atoms with van der Waals surface area (Å²) in [6.07, 6.45) is 0. The predicted molar refractivity (Wildman–Crippen MR) is 74.5 cm³/mol. The second-order valence-electron chi connectivity index (χ2n) is 5.04. The lowest BCUT2D eigenvalue weighted by atomic mass is 10.1. The first-order valence-corrected chi connectivity index (χ1v) is 6.06. The third kappa shape index (κ3) is 4.75. The third-order valence-electron chi connectivity index (χ3n) is 2.12. The van der Waals surface area contributed by atoms with Crippen LogP contribution in [0.1, 0.15) is 20.8 Å². The van der Waals surface area contributed by atoms with E-state index in [1.807, 2.05) is 20.8 Å². The average Bonchev–Trinajstić information content (AvgIpc) is 2.23. The van der Waals surface area contributed by atoms with Crippen molar-refractivity contribution in [2.24, 2.45) is 0 Å². The van der Waals surface area contributed by atoms with Crippen LogP contribution >= 0.6 is 11.6 Å². The maximum Gasteiger partial charge on any atom is 0.310 e. The Bertz CT molecular complexity index is 497. The van der Waals surface area contributed by atoms with Crippen LogP contribution in [0.15, 0.2) is 18.2 Å². The van der Waals surface area contributed by atoms with Crippen molar-refractivity contribution in [2.45, 2.75) is 26.3 Å². The molecule has 104 valence electrons. The van der Waals surface area contributed by atoms with Crippen LogP contribution < -0.4 is 10.6 Å². The Morgan fingerprint density at radius 2 is 2.05 bits per heavy atom. The Kier molecular flexibility index (Phi) is 4.72. The summed E-state index contributed by atoms with van der Waals surface area (Å²) in [6.45, 7) is 5.50. The molecule has 6 nitrogen and oxygen atoms in total. The molecule has 0 aliphatic carbocycles. The van der Waals surface area contributed by atoms with E-state index >= 15 is 0 Å². The average molecular weight is 286 g/mol. The highest BCUT2D eigenvalue weighted by atomic mass is 35.5. The molecule has 0 heterocycles. The van der Waals surface area contributed by atoms with E-state index in [1.54, 1.807) is 6.07 Å². The summed E-state index contributed by atoms with van der Waals surface area (Å²) in [5.74, 6) is -0.248. The number of anilines is 1. The zero-order valence-electron chi connectivity index (χ0n) is 11.0. The summed E-state index contributed by atoms with van der Waals surface area (Å²) in [7, 11) is 0. The van der Waals surface area contributed by atoms with Gasteiger partial charge in [0.15, 0.2) is 0 Å². The van der Waals surface area contributed by atoms with Gasteiger partial charge in [0, 0.05) is 5.54 Å². The van der Waals surface area contributed by atoms with Gasteiger partial charge in [0.1, 0.15) is 10.7 Å². The lowest BCUT2D eigenvalue weighted by molar-refractivity contribution is -0.383. The summed E-state index contributed by atoms with van der Waals surface area (Å²) < 4.78 is 0. The number of para-hydroxylation sites is 1. The van der Waals surface area contributed by atoms with E-state index in [0.29, 0.717) is 0 Å². The molecule has 0 aromatic heterocycles. The number of carbonyl (C=O) groups is 1. The fraction of sp³-hybridized carbons (Fsp3) is 0.417. The number of hydrogen-bond acceptors (Lipinski definition) is 4. The van der Waals surface area contributed by atoms with Crippen LogP contribution in [0.5, 0.6) is 0 Å². The number of hydrogen-bond donors (Lipinski definition) is 2. The van der Waals surface area contributed by atoms with E-state index in [0.717, 1.165) is 0 Å². The number of nitrogens with zero attached hydrogens (tertiary/aromatic N) is 1. The number of nitrogens with one attached hydrogen (secondary N) is 2. The Labute approximate surface area is 116 Å². The maximum absolute atomic E-state index is 11.6. The molecule has 0 unspecified atom stereocenters. The predicted octanol–water partition coefficient (Wildman–Crippen LogP) is 2.57. The molecule has 0 spiro atoms. The molecule has 7 heteroatoms. The van der Waals surface area contributed by atoms with Gasteiger partial charge in [-0.05, 0) is 32.9 Å². The lowest BCUT2D eigenvalue weighted by Crippen LogP contribution is -2.43. The maximum atomic E-state index is 11.6. The van der Waals surface area contributed by atoms with E-state index in [2.05, 4.69) is 10.6 Å². The first-order valence-electron chi connectivity index (χ1n) is 5.68. The van der Waals surface area contributed by atoms with Crippen molar-refractivity contribution >= 4 is 28.9 Å². The Morgan fingerprint density at radius 1 is 1.42 bits per heavy atom. The van der Waals surface area contributed by atoms with Crippen LogP contribution in [0.4, 0.5) is 11.4 Å². The highest BCUT2D eigenvalue weighted by Crippen LogP contribution is 2.31. The number of carbonyl (C=O) groups excluding carboxylic acids is 1. The fourth-order valence-electron chi connectivity index (χ4n) is 1.48. The second-order valence-corrected chi connectivity index (χ2v) is 5.45.